The van der Waals surface area contributed by atoms with E-state index in [0.29, 0.717) is 6.42 Å². The van der Waals surface area contributed by atoms with E-state index in [-0.39, 0.29) is 5.70 Å². The Balaban J connectivity index is 4.48. The molecule has 5 nitrogen and oxygen atoms in total. The number of amides is 1. The van der Waals surface area contributed by atoms with Gasteiger partial charge in [0.2, 0.25) is 0 Å². The highest BCUT2D eigenvalue weighted by Crippen LogP contribution is 2.07. The van der Waals surface area contributed by atoms with Crippen LogP contribution in [0.25, 0.3) is 0 Å². The standard InChI is InChI=1S/C11H19NO4/c1-6-7-8(9(13)15-5)12-10(14)16-11(2,3)4/h7H,6H2,1-5H3,(H,12,14)/b8-7-. The predicted molar refractivity (Wildman–Crippen MR) is 59.8 cm³/mol. The molecule has 0 aliphatic rings. The molecular weight excluding hydrogens is 210 g/mol. The van der Waals surface area contributed by atoms with Gasteiger partial charge in [-0.3, -0.25) is 5.32 Å². The molecule has 0 atom stereocenters. The van der Waals surface area contributed by atoms with Crippen molar-refractivity contribution in [2.75, 3.05) is 7.11 Å². The van der Waals surface area contributed by atoms with Crippen molar-refractivity contribution in [3.63, 3.8) is 0 Å². The van der Waals surface area contributed by atoms with E-state index in [4.69, 9.17) is 4.74 Å². The molecule has 0 radical (unpaired) electrons. The second-order valence-corrected chi connectivity index (χ2v) is 4.14. The molecular formula is C11H19NO4. The van der Waals surface area contributed by atoms with Crippen LogP contribution in [0.3, 0.4) is 0 Å². The van der Waals surface area contributed by atoms with Crippen molar-refractivity contribution >= 4 is 12.1 Å². The van der Waals surface area contributed by atoms with Gasteiger partial charge in [-0.2, -0.15) is 0 Å². The predicted octanol–water partition coefficient (Wildman–Crippen LogP) is 1.98. The zero-order valence-electron chi connectivity index (χ0n) is 10.4. The topological polar surface area (TPSA) is 64.6 Å². The first-order valence-corrected chi connectivity index (χ1v) is 5.08. The highest BCUT2D eigenvalue weighted by Gasteiger charge is 2.19. The van der Waals surface area contributed by atoms with Crippen molar-refractivity contribution in [3.05, 3.63) is 11.8 Å². The molecule has 0 aliphatic heterocycles. The number of rotatable bonds is 3. The third-order valence-electron chi connectivity index (χ3n) is 1.45. The Morgan fingerprint density at radius 2 is 1.88 bits per heavy atom. The minimum atomic E-state index is -0.669. The number of hydrogen-bond donors (Lipinski definition) is 1. The van der Waals surface area contributed by atoms with Crippen LogP contribution in [0.5, 0.6) is 0 Å². The van der Waals surface area contributed by atoms with Crippen molar-refractivity contribution in [1.82, 2.24) is 5.32 Å². The fraction of sp³-hybridized carbons (Fsp3) is 0.636. The van der Waals surface area contributed by atoms with Gasteiger partial charge < -0.3 is 9.47 Å². The largest absolute Gasteiger partial charge is 0.464 e. The van der Waals surface area contributed by atoms with Crippen LogP contribution in [-0.2, 0) is 14.3 Å². The van der Waals surface area contributed by atoms with Crippen LogP contribution in [-0.4, -0.2) is 24.8 Å². The van der Waals surface area contributed by atoms with E-state index in [2.05, 4.69) is 10.1 Å². The smallest absolute Gasteiger partial charge is 0.412 e. The molecule has 0 rings (SSSR count). The summed E-state index contributed by atoms with van der Waals surface area (Å²) in [7, 11) is 1.25. The number of methoxy groups -OCH3 is 1. The molecule has 1 amide bonds. The minimum absolute atomic E-state index is 0.0965. The summed E-state index contributed by atoms with van der Waals surface area (Å²) in [4.78, 5) is 22.6. The number of alkyl carbamates (subject to hydrolysis) is 1. The number of allylic oxidation sites excluding steroid dienone is 1. The molecule has 92 valence electrons. The second-order valence-electron chi connectivity index (χ2n) is 4.14. The number of carbonyl (C=O) groups is 2. The Hall–Kier alpha value is -1.52. The molecule has 0 aromatic carbocycles. The van der Waals surface area contributed by atoms with E-state index in [1.54, 1.807) is 26.8 Å². The number of carbonyl (C=O) groups excluding carboxylic acids is 2. The number of nitrogens with one attached hydrogen (secondary N) is 1. The first-order valence-electron chi connectivity index (χ1n) is 5.08. The monoisotopic (exact) mass is 229 g/mol. The van der Waals surface area contributed by atoms with Crippen molar-refractivity contribution in [2.24, 2.45) is 0 Å². The molecule has 5 heteroatoms. The van der Waals surface area contributed by atoms with Crippen molar-refractivity contribution in [3.8, 4) is 0 Å². The lowest BCUT2D eigenvalue weighted by atomic mass is 10.2. The average molecular weight is 229 g/mol. The molecule has 0 aliphatic carbocycles. The zero-order chi connectivity index (χ0) is 12.8. The lowest BCUT2D eigenvalue weighted by Gasteiger charge is -2.20. The quantitative estimate of drug-likeness (QED) is 0.593. The molecule has 0 aromatic heterocycles. The molecule has 0 saturated heterocycles. The summed E-state index contributed by atoms with van der Waals surface area (Å²) in [5.74, 6) is -0.590. The Morgan fingerprint density at radius 3 is 2.25 bits per heavy atom. The lowest BCUT2D eigenvalue weighted by Crippen LogP contribution is -2.34. The van der Waals surface area contributed by atoms with Crippen molar-refractivity contribution in [2.45, 2.75) is 39.7 Å². The SMILES string of the molecule is CC/C=C(\NC(=O)OC(C)(C)C)C(=O)OC. The second kappa shape index (κ2) is 6.15. The highest BCUT2D eigenvalue weighted by atomic mass is 16.6. The van der Waals surface area contributed by atoms with E-state index in [1.807, 2.05) is 6.92 Å². The van der Waals surface area contributed by atoms with Gasteiger partial charge in [0.05, 0.1) is 7.11 Å². The first kappa shape index (κ1) is 14.5. The molecule has 16 heavy (non-hydrogen) atoms. The van der Waals surface area contributed by atoms with Crippen LogP contribution in [0.1, 0.15) is 34.1 Å². The van der Waals surface area contributed by atoms with Gasteiger partial charge in [-0.25, -0.2) is 9.59 Å². The van der Waals surface area contributed by atoms with E-state index in [1.165, 1.54) is 7.11 Å². The molecule has 0 aromatic rings. The Kier molecular flexibility index (Phi) is 5.56. The van der Waals surface area contributed by atoms with Crippen molar-refractivity contribution in [1.29, 1.82) is 0 Å². The van der Waals surface area contributed by atoms with Gasteiger partial charge in [0.25, 0.3) is 0 Å². The van der Waals surface area contributed by atoms with Crippen LogP contribution in [0, 0.1) is 0 Å². The van der Waals surface area contributed by atoms with Gasteiger partial charge in [0, 0.05) is 0 Å². The highest BCUT2D eigenvalue weighted by molar-refractivity contribution is 5.92. The fourth-order valence-electron chi connectivity index (χ4n) is 0.913. The lowest BCUT2D eigenvalue weighted by molar-refractivity contribution is -0.136. The minimum Gasteiger partial charge on any atom is -0.464 e. The average Bonchev–Trinajstić information content (AvgIpc) is 2.13. The van der Waals surface area contributed by atoms with E-state index < -0.39 is 17.7 Å². The Bertz CT molecular complexity index is 289. The van der Waals surface area contributed by atoms with Crippen LogP contribution >= 0.6 is 0 Å². The number of hydrogen-bond acceptors (Lipinski definition) is 4. The van der Waals surface area contributed by atoms with Crippen LogP contribution in [0.4, 0.5) is 4.79 Å². The summed E-state index contributed by atoms with van der Waals surface area (Å²) in [6.45, 7) is 7.08. The molecule has 0 saturated carbocycles. The van der Waals surface area contributed by atoms with E-state index in [9.17, 15) is 9.59 Å². The number of esters is 1. The summed E-state index contributed by atoms with van der Waals surface area (Å²) >= 11 is 0. The summed E-state index contributed by atoms with van der Waals surface area (Å²) in [5.41, 5.74) is -0.503. The molecule has 0 heterocycles. The normalized spacial score (nSPS) is 11.9. The number of ether oxygens (including phenoxy) is 2. The van der Waals surface area contributed by atoms with Crippen LogP contribution in [0.2, 0.25) is 0 Å². The van der Waals surface area contributed by atoms with Crippen LogP contribution < -0.4 is 5.32 Å². The maximum Gasteiger partial charge on any atom is 0.412 e. The Labute approximate surface area is 95.8 Å². The van der Waals surface area contributed by atoms with Gasteiger partial charge in [-0.1, -0.05) is 13.0 Å². The molecule has 0 spiro atoms. The zero-order valence-corrected chi connectivity index (χ0v) is 10.4. The molecule has 0 fully saturated rings. The van der Waals surface area contributed by atoms with Gasteiger partial charge >= 0.3 is 12.1 Å². The van der Waals surface area contributed by atoms with Gasteiger partial charge in [-0.15, -0.1) is 0 Å². The van der Waals surface area contributed by atoms with Gasteiger partial charge in [-0.05, 0) is 27.2 Å². The fourth-order valence-corrected chi connectivity index (χ4v) is 0.913. The van der Waals surface area contributed by atoms with E-state index >= 15 is 0 Å². The summed E-state index contributed by atoms with van der Waals surface area (Å²) in [5, 5.41) is 2.35. The van der Waals surface area contributed by atoms with Gasteiger partial charge in [0.15, 0.2) is 0 Å². The van der Waals surface area contributed by atoms with E-state index in [0.717, 1.165) is 0 Å². The Morgan fingerprint density at radius 1 is 1.31 bits per heavy atom. The molecule has 0 bridgehead atoms. The van der Waals surface area contributed by atoms with Crippen molar-refractivity contribution < 1.29 is 19.1 Å². The third kappa shape index (κ3) is 6.06. The third-order valence-corrected chi connectivity index (χ3v) is 1.45. The first-order chi connectivity index (χ1) is 7.30. The summed E-state index contributed by atoms with van der Waals surface area (Å²) < 4.78 is 9.53. The van der Waals surface area contributed by atoms with Crippen LogP contribution in [0.15, 0.2) is 11.8 Å². The summed E-state index contributed by atoms with van der Waals surface area (Å²) in [6.07, 6.45) is 1.51. The van der Waals surface area contributed by atoms with Gasteiger partial charge in [0.1, 0.15) is 11.3 Å². The summed E-state index contributed by atoms with van der Waals surface area (Å²) in [6, 6.07) is 0. The maximum absolute atomic E-state index is 11.4. The molecule has 1 N–H and O–H groups in total. The maximum atomic E-state index is 11.4. The molecule has 0 unspecified atom stereocenters.